The third kappa shape index (κ3) is 4.09. The molecule has 1 fully saturated rings. The van der Waals surface area contributed by atoms with Gasteiger partial charge in [-0.05, 0) is 42.5 Å². The Hall–Kier alpha value is -3.73. The summed E-state index contributed by atoms with van der Waals surface area (Å²) in [6, 6.07) is 13.1. The molecular weight excluding hydrogens is 373 g/mol. The van der Waals surface area contributed by atoms with Crippen LogP contribution >= 0.6 is 0 Å². The highest BCUT2D eigenvalue weighted by molar-refractivity contribution is 5.93. The zero-order valence-corrected chi connectivity index (χ0v) is 15.5. The number of halogens is 1. The molecule has 3 aromatic rings. The third-order valence-electron chi connectivity index (χ3n) is 4.85. The van der Waals surface area contributed by atoms with Crippen LogP contribution in [0.3, 0.4) is 0 Å². The van der Waals surface area contributed by atoms with Crippen molar-refractivity contribution < 1.29 is 13.9 Å². The van der Waals surface area contributed by atoms with Gasteiger partial charge in [0.25, 0.3) is 5.91 Å². The number of nitrogens with one attached hydrogen (secondary N) is 1. The van der Waals surface area contributed by atoms with Crippen LogP contribution < -0.4 is 4.74 Å². The molecule has 3 heterocycles. The van der Waals surface area contributed by atoms with Gasteiger partial charge in [-0.1, -0.05) is 0 Å². The maximum absolute atomic E-state index is 13.1. The summed E-state index contributed by atoms with van der Waals surface area (Å²) in [6.07, 6.45) is 2.78. The Bertz CT molecular complexity index is 1050. The highest BCUT2D eigenvalue weighted by Crippen LogP contribution is 2.22. The number of ether oxygens (including phenoxy) is 1. The van der Waals surface area contributed by atoms with Crippen LogP contribution in [-0.4, -0.2) is 45.2 Å². The minimum Gasteiger partial charge on any atom is -0.473 e. The number of aromatic nitrogens is 3. The largest absolute Gasteiger partial charge is 0.473 e. The molecule has 0 aliphatic carbocycles. The molecule has 0 saturated carbocycles. The number of H-pyrrole nitrogens is 1. The molecule has 29 heavy (non-hydrogen) atoms. The fourth-order valence-electron chi connectivity index (χ4n) is 3.27. The van der Waals surface area contributed by atoms with E-state index in [-0.39, 0.29) is 17.8 Å². The Morgan fingerprint density at radius 1 is 1.24 bits per heavy atom. The minimum absolute atomic E-state index is 0.0995. The average Bonchev–Trinajstić information content (AvgIpc) is 3.25. The van der Waals surface area contributed by atoms with Gasteiger partial charge in [0.05, 0.1) is 5.69 Å². The lowest BCUT2D eigenvalue weighted by atomic mass is 10.1. The Labute approximate surface area is 166 Å². The Balaban J connectivity index is 1.37. The van der Waals surface area contributed by atoms with Crippen molar-refractivity contribution in [1.29, 1.82) is 5.26 Å². The van der Waals surface area contributed by atoms with Crippen molar-refractivity contribution in [3.05, 3.63) is 65.7 Å². The van der Waals surface area contributed by atoms with E-state index in [4.69, 9.17) is 10.00 Å². The third-order valence-corrected chi connectivity index (χ3v) is 4.85. The predicted octanol–water partition coefficient (Wildman–Crippen LogP) is 3.17. The van der Waals surface area contributed by atoms with Crippen LogP contribution in [-0.2, 0) is 0 Å². The molecule has 4 rings (SSSR count). The molecule has 0 spiro atoms. The normalized spacial score (nSPS) is 14.4. The van der Waals surface area contributed by atoms with Crippen molar-refractivity contribution in [2.75, 3.05) is 13.1 Å². The number of rotatable bonds is 4. The van der Waals surface area contributed by atoms with E-state index in [1.54, 1.807) is 41.4 Å². The first kappa shape index (κ1) is 18.6. The van der Waals surface area contributed by atoms with Gasteiger partial charge in [-0.25, -0.2) is 9.37 Å². The minimum atomic E-state index is -0.321. The number of carbonyl (C=O) groups excluding carboxylic acids is 1. The van der Waals surface area contributed by atoms with E-state index in [1.165, 1.54) is 12.1 Å². The van der Waals surface area contributed by atoms with Gasteiger partial charge in [0.1, 0.15) is 29.2 Å². The number of hydrogen-bond donors (Lipinski definition) is 1. The van der Waals surface area contributed by atoms with Crippen LogP contribution in [0.5, 0.6) is 5.88 Å². The average molecular weight is 391 g/mol. The molecule has 2 aromatic heterocycles. The van der Waals surface area contributed by atoms with E-state index in [9.17, 15) is 9.18 Å². The van der Waals surface area contributed by atoms with Crippen molar-refractivity contribution in [3.8, 4) is 23.2 Å². The van der Waals surface area contributed by atoms with Gasteiger partial charge in [-0.15, -0.1) is 0 Å². The SMILES string of the molecule is N#Cc1cccnc1OC1CCN(C(=O)c2cc(-c3ccc(F)cc3)n[nH]2)CC1. The predicted molar refractivity (Wildman–Crippen MR) is 102 cm³/mol. The summed E-state index contributed by atoms with van der Waals surface area (Å²) in [6.45, 7) is 1.06. The molecule has 1 aliphatic rings. The number of nitrogens with zero attached hydrogens (tertiary/aromatic N) is 4. The molecule has 0 atom stereocenters. The molecular formula is C21H18FN5O2. The zero-order chi connectivity index (χ0) is 20.2. The van der Waals surface area contributed by atoms with Gasteiger partial charge >= 0.3 is 0 Å². The van der Waals surface area contributed by atoms with Gasteiger partial charge in [0.15, 0.2) is 0 Å². The first-order chi connectivity index (χ1) is 14.1. The Morgan fingerprint density at radius 2 is 2.00 bits per heavy atom. The maximum atomic E-state index is 13.1. The Morgan fingerprint density at radius 3 is 2.72 bits per heavy atom. The van der Waals surface area contributed by atoms with E-state index in [2.05, 4.69) is 21.3 Å². The summed E-state index contributed by atoms with van der Waals surface area (Å²) in [5.41, 5.74) is 2.11. The number of nitriles is 1. The number of likely N-dealkylation sites (tertiary alicyclic amines) is 1. The number of piperidine rings is 1. The number of pyridine rings is 1. The van der Waals surface area contributed by atoms with Gasteiger partial charge in [-0.3, -0.25) is 9.89 Å². The fraction of sp³-hybridized carbons (Fsp3) is 0.238. The fourth-order valence-corrected chi connectivity index (χ4v) is 3.27. The second-order valence-electron chi connectivity index (χ2n) is 6.75. The quantitative estimate of drug-likeness (QED) is 0.737. The number of benzene rings is 1. The first-order valence-electron chi connectivity index (χ1n) is 9.26. The molecule has 1 aliphatic heterocycles. The second-order valence-corrected chi connectivity index (χ2v) is 6.75. The standard InChI is InChI=1S/C21H18FN5O2/c22-16-5-3-14(4-6-16)18-12-19(26-25-18)21(28)27-10-7-17(8-11-27)29-20-15(13-23)2-1-9-24-20/h1-6,9,12,17H,7-8,10-11H2,(H,25,26). The van der Waals surface area contributed by atoms with Gasteiger partial charge in [0.2, 0.25) is 5.88 Å². The van der Waals surface area contributed by atoms with E-state index >= 15 is 0 Å². The summed E-state index contributed by atoms with van der Waals surface area (Å²) in [5, 5.41) is 16.1. The maximum Gasteiger partial charge on any atom is 0.271 e. The van der Waals surface area contributed by atoms with E-state index in [0.717, 1.165) is 5.56 Å². The molecule has 0 unspecified atom stereocenters. The van der Waals surface area contributed by atoms with Crippen molar-refractivity contribution in [2.24, 2.45) is 0 Å². The van der Waals surface area contributed by atoms with Crippen LogP contribution in [0.2, 0.25) is 0 Å². The molecule has 1 amide bonds. The molecule has 1 aromatic carbocycles. The van der Waals surface area contributed by atoms with Gasteiger partial charge < -0.3 is 9.64 Å². The lowest BCUT2D eigenvalue weighted by molar-refractivity contribution is 0.0582. The summed E-state index contributed by atoms with van der Waals surface area (Å²) in [7, 11) is 0. The van der Waals surface area contributed by atoms with Crippen molar-refractivity contribution in [2.45, 2.75) is 18.9 Å². The smallest absolute Gasteiger partial charge is 0.271 e. The lowest BCUT2D eigenvalue weighted by Gasteiger charge is -2.31. The number of carbonyl (C=O) groups is 1. The number of aromatic amines is 1. The van der Waals surface area contributed by atoms with Crippen LogP contribution in [0.4, 0.5) is 4.39 Å². The molecule has 146 valence electrons. The van der Waals surface area contributed by atoms with Crippen molar-refractivity contribution >= 4 is 5.91 Å². The molecule has 0 radical (unpaired) electrons. The van der Waals surface area contributed by atoms with E-state index in [1.807, 2.05) is 0 Å². The number of hydrogen-bond acceptors (Lipinski definition) is 5. The summed E-state index contributed by atoms with van der Waals surface area (Å²) in [4.78, 5) is 18.6. The molecule has 0 bridgehead atoms. The summed E-state index contributed by atoms with van der Waals surface area (Å²) >= 11 is 0. The van der Waals surface area contributed by atoms with Crippen molar-refractivity contribution in [3.63, 3.8) is 0 Å². The zero-order valence-electron chi connectivity index (χ0n) is 15.5. The topological polar surface area (TPSA) is 94.9 Å². The monoisotopic (exact) mass is 391 g/mol. The number of amides is 1. The van der Waals surface area contributed by atoms with Gasteiger partial charge in [-0.2, -0.15) is 10.4 Å². The summed E-state index contributed by atoms with van der Waals surface area (Å²) in [5.74, 6) is -0.129. The van der Waals surface area contributed by atoms with Gasteiger partial charge in [0, 0.05) is 37.7 Å². The highest BCUT2D eigenvalue weighted by atomic mass is 19.1. The Kier molecular flexibility index (Phi) is 5.20. The highest BCUT2D eigenvalue weighted by Gasteiger charge is 2.26. The van der Waals surface area contributed by atoms with Crippen LogP contribution in [0.25, 0.3) is 11.3 Å². The molecule has 1 saturated heterocycles. The van der Waals surface area contributed by atoms with Crippen LogP contribution in [0, 0.1) is 17.1 Å². The van der Waals surface area contributed by atoms with Crippen LogP contribution in [0.15, 0.2) is 48.7 Å². The first-order valence-corrected chi connectivity index (χ1v) is 9.26. The second kappa shape index (κ2) is 8.10. The van der Waals surface area contributed by atoms with E-state index in [0.29, 0.717) is 48.8 Å². The molecule has 8 heteroatoms. The summed E-state index contributed by atoms with van der Waals surface area (Å²) < 4.78 is 18.9. The van der Waals surface area contributed by atoms with Crippen molar-refractivity contribution in [1.82, 2.24) is 20.1 Å². The van der Waals surface area contributed by atoms with E-state index < -0.39 is 0 Å². The molecule has 7 nitrogen and oxygen atoms in total. The lowest BCUT2D eigenvalue weighted by Crippen LogP contribution is -2.42. The molecule has 1 N–H and O–H groups in total. The van der Waals surface area contributed by atoms with Crippen LogP contribution in [0.1, 0.15) is 28.9 Å².